The highest BCUT2D eigenvalue weighted by Gasteiger charge is 2.32. The topological polar surface area (TPSA) is 63.2 Å². The van der Waals surface area contributed by atoms with Crippen LogP contribution in [-0.4, -0.2) is 17.5 Å². The van der Waals surface area contributed by atoms with E-state index in [0.29, 0.717) is 35.3 Å². The van der Waals surface area contributed by atoms with Gasteiger partial charge in [-0.3, -0.25) is 9.78 Å². The van der Waals surface area contributed by atoms with Crippen LogP contribution in [0, 0.1) is 6.92 Å². The lowest BCUT2D eigenvalue weighted by Gasteiger charge is -2.16. The maximum Gasteiger partial charge on any atom is 0.416 e. The standard InChI is InChI=1S/C25H24F3N3O2/c1-3-33-19-9-7-18(8-10-19)30-23-14-17(25(26,27)28)6-11-20(23)24(32)31-21-12-13-22(16-4-5-16)29-15(21)2/h6-14,16,30H,3-5H2,1-2H3,(H,31,32). The van der Waals surface area contributed by atoms with E-state index in [0.717, 1.165) is 30.7 Å². The van der Waals surface area contributed by atoms with E-state index >= 15 is 0 Å². The van der Waals surface area contributed by atoms with Gasteiger partial charge in [0, 0.05) is 17.3 Å². The number of carbonyl (C=O) groups is 1. The van der Waals surface area contributed by atoms with Crippen molar-refractivity contribution in [1.82, 2.24) is 4.98 Å². The van der Waals surface area contributed by atoms with E-state index in [1.54, 1.807) is 37.3 Å². The zero-order valence-corrected chi connectivity index (χ0v) is 18.3. The zero-order valence-electron chi connectivity index (χ0n) is 18.3. The second-order valence-corrected chi connectivity index (χ2v) is 7.94. The number of carbonyl (C=O) groups excluding carboxylic acids is 1. The monoisotopic (exact) mass is 455 g/mol. The van der Waals surface area contributed by atoms with Crippen LogP contribution < -0.4 is 15.4 Å². The van der Waals surface area contributed by atoms with Gasteiger partial charge in [-0.15, -0.1) is 0 Å². The molecular formula is C25H24F3N3O2. The average Bonchev–Trinajstić information content (AvgIpc) is 3.61. The Labute approximate surface area is 190 Å². The molecule has 1 fully saturated rings. The predicted molar refractivity (Wildman–Crippen MR) is 121 cm³/mol. The number of nitrogens with one attached hydrogen (secondary N) is 2. The normalized spacial score (nSPS) is 13.5. The van der Waals surface area contributed by atoms with Crippen LogP contribution in [0.25, 0.3) is 0 Å². The molecule has 4 rings (SSSR count). The third-order valence-corrected chi connectivity index (χ3v) is 5.39. The Morgan fingerprint density at radius 2 is 1.79 bits per heavy atom. The predicted octanol–water partition coefficient (Wildman–Crippen LogP) is 6.68. The molecule has 1 amide bonds. The van der Waals surface area contributed by atoms with E-state index in [4.69, 9.17) is 4.74 Å². The first kappa shape index (κ1) is 22.6. The number of benzene rings is 2. The zero-order chi connectivity index (χ0) is 23.6. The van der Waals surface area contributed by atoms with Gasteiger partial charge >= 0.3 is 6.18 Å². The Bertz CT molecular complexity index is 1160. The Morgan fingerprint density at radius 1 is 1.06 bits per heavy atom. The molecule has 0 aliphatic heterocycles. The third-order valence-electron chi connectivity index (χ3n) is 5.39. The first-order valence-corrected chi connectivity index (χ1v) is 10.7. The number of anilines is 3. The summed E-state index contributed by atoms with van der Waals surface area (Å²) in [6.07, 6.45) is -2.31. The second kappa shape index (κ2) is 9.13. The molecule has 172 valence electrons. The molecule has 2 N–H and O–H groups in total. The molecule has 1 heterocycles. The van der Waals surface area contributed by atoms with Crippen molar-refractivity contribution in [2.24, 2.45) is 0 Å². The number of aryl methyl sites for hydroxylation is 1. The first-order chi connectivity index (χ1) is 15.7. The lowest BCUT2D eigenvalue weighted by molar-refractivity contribution is -0.137. The van der Waals surface area contributed by atoms with Crippen molar-refractivity contribution in [3.05, 3.63) is 77.1 Å². The van der Waals surface area contributed by atoms with Crippen LogP contribution in [-0.2, 0) is 6.18 Å². The minimum Gasteiger partial charge on any atom is -0.494 e. The first-order valence-electron chi connectivity index (χ1n) is 10.7. The van der Waals surface area contributed by atoms with Gasteiger partial charge in [0.25, 0.3) is 5.91 Å². The summed E-state index contributed by atoms with van der Waals surface area (Å²) in [5.74, 6) is 0.595. The molecule has 0 saturated heterocycles. The lowest BCUT2D eigenvalue weighted by atomic mass is 10.1. The minimum atomic E-state index is -4.54. The molecule has 1 aliphatic carbocycles. The van der Waals surface area contributed by atoms with Gasteiger partial charge in [-0.25, -0.2) is 0 Å². The quantitative estimate of drug-likeness (QED) is 0.417. The summed E-state index contributed by atoms with van der Waals surface area (Å²) in [4.78, 5) is 17.6. The van der Waals surface area contributed by atoms with Crippen LogP contribution in [0.2, 0.25) is 0 Å². The van der Waals surface area contributed by atoms with Crippen molar-refractivity contribution >= 4 is 23.0 Å². The van der Waals surface area contributed by atoms with E-state index < -0.39 is 17.6 Å². The second-order valence-electron chi connectivity index (χ2n) is 7.94. The van der Waals surface area contributed by atoms with Gasteiger partial charge in [-0.05, 0) is 81.3 Å². The molecule has 0 spiro atoms. The molecule has 0 atom stereocenters. The van der Waals surface area contributed by atoms with Gasteiger partial charge in [0.05, 0.1) is 34.8 Å². The Morgan fingerprint density at radius 3 is 2.39 bits per heavy atom. The molecule has 1 aliphatic rings. The van der Waals surface area contributed by atoms with Gasteiger partial charge < -0.3 is 15.4 Å². The van der Waals surface area contributed by atoms with E-state index in [2.05, 4.69) is 15.6 Å². The van der Waals surface area contributed by atoms with Crippen molar-refractivity contribution in [2.45, 2.75) is 38.8 Å². The number of ether oxygens (including phenoxy) is 1. The van der Waals surface area contributed by atoms with Gasteiger partial charge in [-0.2, -0.15) is 13.2 Å². The number of pyridine rings is 1. The molecule has 5 nitrogen and oxygen atoms in total. The molecule has 0 bridgehead atoms. The average molecular weight is 455 g/mol. The van der Waals surface area contributed by atoms with E-state index in [1.165, 1.54) is 6.07 Å². The van der Waals surface area contributed by atoms with Gasteiger partial charge in [-0.1, -0.05) is 0 Å². The number of aromatic nitrogens is 1. The fourth-order valence-corrected chi connectivity index (χ4v) is 3.49. The number of hydrogen-bond acceptors (Lipinski definition) is 4. The minimum absolute atomic E-state index is 0.0479. The van der Waals surface area contributed by atoms with E-state index in [9.17, 15) is 18.0 Å². The van der Waals surface area contributed by atoms with Gasteiger partial charge in [0.2, 0.25) is 0 Å². The maximum absolute atomic E-state index is 13.3. The number of rotatable bonds is 7. The summed E-state index contributed by atoms with van der Waals surface area (Å²) in [5.41, 5.74) is 2.00. The third kappa shape index (κ3) is 5.45. The highest BCUT2D eigenvalue weighted by atomic mass is 19.4. The molecule has 3 aromatic rings. The fourth-order valence-electron chi connectivity index (χ4n) is 3.49. The van der Waals surface area contributed by atoms with E-state index in [1.807, 2.05) is 13.0 Å². The Kier molecular flexibility index (Phi) is 6.26. The Balaban J connectivity index is 1.61. The molecule has 2 aromatic carbocycles. The van der Waals surface area contributed by atoms with Crippen LogP contribution >= 0.6 is 0 Å². The van der Waals surface area contributed by atoms with Crippen molar-refractivity contribution < 1.29 is 22.7 Å². The van der Waals surface area contributed by atoms with Crippen LogP contribution in [0.3, 0.4) is 0 Å². The molecule has 0 radical (unpaired) electrons. The summed E-state index contributed by atoms with van der Waals surface area (Å²) in [7, 11) is 0. The molecule has 33 heavy (non-hydrogen) atoms. The summed E-state index contributed by atoms with van der Waals surface area (Å²) in [6.45, 7) is 4.16. The van der Waals surface area contributed by atoms with E-state index in [-0.39, 0.29) is 11.3 Å². The Hall–Kier alpha value is -3.55. The van der Waals surface area contributed by atoms with Crippen LogP contribution in [0.5, 0.6) is 5.75 Å². The summed E-state index contributed by atoms with van der Waals surface area (Å²) in [5, 5.41) is 5.72. The molecular weight excluding hydrogens is 431 g/mol. The van der Waals surface area contributed by atoms with Crippen molar-refractivity contribution in [3.8, 4) is 5.75 Å². The van der Waals surface area contributed by atoms with Crippen molar-refractivity contribution in [2.75, 3.05) is 17.2 Å². The van der Waals surface area contributed by atoms with Crippen LogP contribution in [0.15, 0.2) is 54.6 Å². The smallest absolute Gasteiger partial charge is 0.416 e. The maximum atomic E-state index is 13.3. The number of nitrogens with zero attached hydrogens (tertiary/aromatic N) is 1. The molecule has 1 saturated carbocycles. The number of amides is 1. The highest BCUT2D eigenvalue weighted by molar-refractivity contribution is 6.08. The summed E-state index contributed by atoms with van der Waals surface area (Å²) in [6, 6.07) is 13.5. The molecule has 1 aromatic heterocycles. The summed E-state index contributed by atoms with van der Waals surface area (Å²) < 4.78 is 45.4. The van der Waals surface area contributed by atoms with Crippen LogP contribution in [0.1, 0.15) is 53.0 Å². The summed E-state index contributed by atoms with van der Waals surface area (Å²) >= 11 is 0. The fraction of sp³-hybridized carbons (Fsp3) is 0.280. The molecule has 0 unspecified atom stereocenters. The van der Waals surface area contributed by atoms with Crippen molar-refractivity contribution in [3.63, 3.8) is 0 Å². The van der Waals surface area contributed by atoms with Crippen molar-refractivity contribution in [1.29, 1.82) is 0 Å². The number of hydrogen-bond donors (Lipinski definition) is 2. The lowest BCUT2D eigenvalue weighted by Crippen LogP contribution is -2.16. The number of halogens is 3. The van der Waals surface area contributed by atoms with Crippen LogP contribution in [0.4, 0.5) is 30.2 Å². The SMILES string of the molecule is CCOc1ccc(Nc2cc(C(F)(F)F)ccc2C(=O)Nc2ccc(C3CC3)nc2C)cc1. The molecule has 8 heteroatoms. The largest absolute Gasteiger partial charge is 0.494 e. The van der Waals surface area contributed by atoms with Gasteiger partial charge in [0.15, 0.2) is 0 Å². The number of alkyl halides is 3. The highest BCUT2D eigenvalue weighted by Crippen LogP contribution is 2.39. The van der Waals surface area contributed by atoms with Gasteiger partial charge in [0.1, 0.15) is 5.75 Å².